The number of para-hydroxylation sites is 1. The van der Waals surface area contributed by atoms with Crippen molar-refractivity contribution in [3.63, 3.8) is 0 Å². The van der Waals surface area contributed by atoms with Crippen LogP contribution >= 0.6 is 11.3 Å². The molecular weight excluding hydrogens is 529 g/mol. The van der Waals surface area contributed by atoms with Crippen LogP contribution in [0.15, 0.2) is 65.6 Å². The first kappa shape index (κ1) is 26.4. The molecule has 1 aliphatic heterocycles. The molecule has 0 spiro atoms. The molecule has 5 aromatic rings. The number of halogens is 3. The first-order valence-electron chi connectivity index (χ1n) is 12.1. The van der Waals surface area contributed by atoms with E-state index in [1.165, 1.54) is 32.0 Å². The highest BCUT2D eigenvalue weighted by Crippen LogP contribution is 2.42. The Morgan fingerprint density at radius 2 is 1.72 bits per heavy atom. The summed E-state index contributed by atoms with van der Waals surface area (Å²) in [4.78, 5) is 30.0. The molecule has 0 aliphatic carbocycles. The summed E-state index contributed by atoms with van der Waals surface area (Å²) in [5.74, 6) is -1.76. The van der Waals surface area contributed by atoms with Crippen LogP contribution in [-0.2, 0) is 6.18 Å². The van der Waals surface area contributed by atoms with Crippen LogP contribution in [0.1, 0.15) is 28.1 Å². The average molecular weight is 555 g/mol. The molecule has 1 fully saturated rings. The van der Waals surface area contributed by atoms with Gasteiger partial charge in [-0.05, 0) is 63.3 Å². The summed E-state index contributed by atoms with van der Waals surface area (Å²) in [5, 5.41) is 0.813. The van der Waals surface area contributed by atoms with E-state index in [9.17, 15) is 22.8 Å². The van der Waals surface area contributed by atoms with Gasteiger partial charge in [-0.15, -0.1) is 11.3 Å². The summed E-state index contributed by atoms with van der Waals surface area (Å²) in [6, 6.07) is 16.0. The van der Waals surface area contributed by atoms with Crippen molar-refractivity contribution in [2.75, 3.05) is 25.9 Å². The van der Waals surface area contributed by atoms with E-state index in [1.807, 2.05) is 47.2 Å². The highest BCUT2D eigenvalue weighted by atomic mass is 32.1. The molecule has 1 saturated heterocycles. The van der Waals surface area contributed by atoms with E-state index in [0.717, 1.165) is 15.6 Å². The average Bonchev–Trinajstić information content (AvgIpc) is 3.63. The number of primary amides is 1. The van der Waals surface area contributed by atoms with Crippen molar-refractivity contribution in [1.29, 1.82) is 0 Å². The zero-order valence-corrected chi connectivity index (χ0v) is 21.7. The van der Waals surface area contributed by atoms with Gasteiger partial charge in [-0.2, -0.15) is 13.2 Å². The van der Waals surface area contributed by atoms with Crippen LogP contribution in [0.3, 0.4) is 0 Å². The van der Waals surface area contributed by atoms with Crippen LogP contribution in [0, 0.1) is 0 Å². The second-order valence-electron chi connectivity index (χ2n) is 9.23. The molecule has 39 heavy (non-hydrogen) atoms. The van der Waals surface area contributed by atoms with Gasteiger partial charge < -0.3 is 20.9 Å². The molecule has 0 bridgehead atoms. The number of anilines is 1. The standard InChI is InChI=1S/C22H14F3N5O2S.C5H11N/c23-22(24,25)15-16-20(33-17(15)19(27)31)28-18(26)21(32)30(16)13-7-6-11-8-9-29(14(11)10-13)12-4-2-1-3-5-12;1-6-4-2-3-5-6/h1-10H,(H2,26,28)(H2,27,31);2-5H2,1H3. The van der Waals surface area contributed by atoms with Crippen molar-refractivity contribution in [3.8, 4) is 11.4 Å². The van der Waals surface area contributed by atoms with Crippen molar-refractivity contribution >= 4 is 44.3 Å². The Morgan fingerprint density at radius 1 is 1.03 bits per heavy atom. The summed E-state index contributed by atoms with van der Waals surface area (Å²) in [6.45, 7) is 2.64. The Morgan fingerprint density at radius 3 is 2.31 bits per heavy atom. The number of thiophene rings is 1. The molecule has 4 N–H and O–H groups in total. The van der Waals surface area contributed by atoms with Crippen LogP contribution in [0.4, 0.5) is 19.0 Å². The van der Waals surface area contributed by atoms with Crippen LogP contribution in [0.2, 0.25) is 0 Å². The van der Waals surface area contributed by atoms with Crippen LogP contribution in [0.25, 0.3) is 32.6 Å². The Hall–Kier alpha value is -4.16. The predicted molar refractivity (Wildman–Crippen MR) is 147 cm³/mol. The maximum atomic E-state index is 14.0. The van der Waals surface area contributed by atoms with E-state index in [-0.39, 0.29) is 10.5 Å². The van der Waals surface area contributed by atoms with Crippen molar-refractivity contribution in [1.82, 2.24) is 19.0 Å². The van der Waals surface area contributed by atoms with Gasteiger partial charge in [0.15, 0.2) is 5.82 Å². The minimum Gasteiger partial charge on any atom is -0.379 e. The maximum Gasteiger partial charge on any atom is 0.420 e. The number of nitrogens with zero attached hydrogens (tertiary/aromatic N) is 4. The molecule has 12 heteroatoms. The number of carbonyl (C=O) groups is 1. The van der Waals surface area contributed by atoms with Crippen LogP contribution < -0.4 is 17.0 Å². The van der Waals surface area contributed by atoms with E-state index in [1.54, 1.807) is 12.1 Å². The molecule has 0 radical (unpaired) electrons. The van der Waals surface area contributed by atoms with Gasteiger partial charge in [0.2, 0.25) is 0 Å². The SMILES string of the molecule is CN1CCCC1.NC(=O)c1sc2nc(N)c(=O)n(-c3ccc4ccn(-c5ccccc5)c4c3)c2c1C(F)(F)F. The van der Waals surface area contributed by atoms with E-state index in [2.05, 4.69) is 16.9 Å². The lowest BCUT2D eigenvalue weighted by molar-refractivity contribution is -0.136. The molecule has 8 nitrogen and oxygen atoms in total. The van der Waals surface area contributed by atoms with Crippen molar-refractivity contribution in [3.05, 3.63) is 81.6 Å². The lowest BCUT2D eigenvalue weighted by Crippen LogP contribution is -2.25. The molecule has 202 valence electrons. The van der Waals surface area contributed by atoms with Gasteiger partial charge in [0.1, 0.15) is 15.3 Å². The number of fused-ring (bicyclic) bond motifs is 2. The number of likely N-dealkylation sites (tertiary alicyclic amines) is 1. The van der Waals surface area contributed by atoms with Crippen LogP contribution in [-0.4, -0.2) is 45.1 Å². The van der Waals surface area contributed by atoms with Crippen molar-refractivity contribution in [2.24, 2.45) is 5.73 Å². The number of hydrogen-bond donors (Lipinski definition) is 2. The zero-order valence-electron chi connectivity index (χ0n) is 20.9. The van der Waals surface area contributed by atoms with Gasteiger partial charge in [-0.1, -0.05) is 24.3 Å². The quantitative estimate of drug-likeness (QED) is 0.333. The summed E-state index contributed by atoms with van der Waals surface area (Å²) in [5.41, 5.74) is 9.78. The van der Waals surface area contributed by atoms with Crippen LogP contribution in [0.5, 0.6) is 0 Å². The van der Waals surface area contributed by atoms with Gasteiger partial charge >= 0.3 is 6.18 Å². The number of nitrogen functional groups attached to an aromatic ring is 1. The fraction of sp³-hybridized carbons (Fsp3) is 0.222. The highest BCUT2D eigenvalue weighted by Gasteiger charge is 2.41. The molecule has 0 unspecified atom stereocenters. The minimum atomic E-state index is -4.96. The van der Waals surface area contributed by atoms with E-state index in [4.69, 9.17) is 11.5 Å². The Kier molecular flexibility index (Phi) is 6.91. The normalized spacial score (nSPS) is 14.1. The van der Waals surface area contributed by atoms with Gasteiger partial charge in [-0.25, -0.2) is 4.98 Å². The monoisotopic (exact) mass is 554 g/mol. The lowest BCUT2D eigenvalue weighted by atomic mass is 10.2. The number of alkyl halides is 3. The second-order valence-corrected chi connectivity index (χ2v) is 10.2. The molecule has 1 amide bonds. The molecule has 4 heterocycles. The second kappa shape index (κ2) is 10.2. The third-order valence-electron chi connectivity index (χ3n) is 6.54. The van der Waals surface area contributed by atoms with Gasteiger partial charge in [0, 0.05) is 17.3 Å². The minimum absolute atomic E-state index is 0.141. The molecule has 0 saturated carbocycles. The third kappa shape index (κ3) is 5.00. The molecule has 0 atom stereocenters. The Labute approximate surface area is 224 Å². The molecule has 6 rings (SSSR count). The highest BCUT2D eigenvalue weighted by molar-refractivity contribution is 7.20. The summed E-state index contributed by atoms with van der Waals surface area (Å²) < 4.78 is 44.7. The molecule has 1 aliphatic rings. The largest absolute Gasteiger partial charge is 0.420 e. The molecule has 2 aromatic carbocycles. The number of amides is 1. The van der Waals surface area contributed by atoms with Gasteiger partial charge in [0.05, 0.1) is 16.7 Å². The molecule has 3 aromatic heterocycles. The lowest BCUT2D eigenvalue weighted by Gasteiger charge is -2.14. The smallest absolute Gasteiger partial charge is 0.379 e. The van der Waals surface area contributed by atoms with E-state index < -0.39 is 39.4 Å². The number of aromatic nitrogens is 3. The Balaban J connectivity index is 0.000000455. The van der Waals surface area contributed by atoms with Crippen molar-refractivity contribution in [2.45, 2.75) is 19.0 Å². The fourth-order valence-electron chi connectivity index (χ4n) is 4.69. The first-order valence-corrected chi connectivity index (χ1v) is 13.0. The zero-order chi connectivity index (χ0) is 27.9. The number of hydrogen-bond acceptors (Lipinski definition) is 6. The number of nitrogens with two attached hydrogens (primary N) is 2. The summed E-state index contributed by atoms with van der Waals surface area (Å²) in [7, 11) is 2.17. The topological polar surface area (TPSA) is 112 Å². The number of carbonyl (C=O) groups excluding carboxylic acids is 1. The van der Waals surface area contributed by atoms with Gasteiger partial charge in [-0.3, -0.25) is 14.2 Å². The number of benzene rings is 2. The predicted octanol–water partition coefficient (Wildman–Crippen LogP) is 4.80. The first-order chi connectivity index (χ1) is 18.6. The summed E-state index contributed by atoms with van der Waals surface area (Å²) >= 11 is 0.445. The third-order valence-corrected chi connectivity index (χ3v) is 7.63. The maximum absolute atomic E-state index is 14.0. The molecular formula is C27H25F3N6O2S. The van der Waals surface area contributed by atoms with E-state index >= 15 is 0 Å². The fourth-order valence-corrected chi connectivity index (χ4v) is 5.74. The number of rotatable bonds is 3. The summed E-state index contributed by atoms with van der Waals surface area (Å²) in [6.07, 6.45) is -0.310. The Bertz CT molecular complexity index is 1730. The van der Waals surface area contributed by atoms with E-state index in [0.29, 0.717) is 16.9 Å². The van der Waals surface area contributed by atoms with Gasteiger partial charge in [0.25, 0.3) is 11.5 Å². The van der Waals surface area contributed by atoms with Crippen molar-refractivity contribution < 1.29 is 18.0 Å².